The summed E-state index contributed by atoms with van der Waals surface area (Å²) in [7, 11) is 0. The molecule has 1 aromatic carbocycles. The summed E-state index contributed by atoms with van der Waals surface area (Å²) in [5.74, 6) is -2.34. The van der Waals surface area contributed by atoms with Gasteiger partial charge in [0.1, 0.15) is 4.32 Å². The van der Waals surface area contributed by atoms with Crippen molar-refractivity contribution in [3.63, 3.8) is 0 Å². The zero-order chi connectivity index (χ0) is 19.3. The quantitative estimate of drug-likeness (QED) is 0.517. The minimum atomic E-state index is -1.05. The molecule has 1 saturated heterocycles. The first kappa shape index (κ1) is 20.1. The van der Waals surface area contributed by atoms with E-state index < -0.39 is 18.0 Å². The molecule has 1 atom stereocenters. The topological polar surface area (TPSA) is 94.9 Å². The molecule has 0 aliphatic carbocycles. The van der Waals surface area contributed by atoms with Crippen LogP contribution in [0.3, 0.4) is 0 Å². The maximum atomic E-state index is 12.8. The van der Waals surface area contributed by atoms with Crippen LogP contribution in [0.5, 0.6) is 0 Å². The van der Waals surface area contributed by atoms with Crippen molar-refractivity contribution in [3.05, 3.63) is 40.3 Å². The predicted molar refractivity (Wildman–Crippen MR) is 104 cm³/mol. The third-order valence-corrected chi connectivity index (χ3v) is 5.20. The summed E-state index contributed by atoms with van der Waals surface area (Å²) in [6, 6.07) is 7.01. The number of benzene rings is 1. The van der Waals surface area contributed by atoms with E-state index in [0.717, 1.165) is 22.9 Å². The van der Waals surface area contributed by atoms with Crippen LogP contribution >= 0.6 is 24.0 Å². The molecule has 2 N–H and O–H groups in total. The number of thioether (sulfide) groups is 1. The van der Waals surface area contributed by atoms with Gasteiger partial charge in [-0.25, -0.2) is 0 Å². The first-order chi connectivity index (χ1) is 12.3. The summed E-state index contributed by atoms with van der Waals surface area (Å²) in [6.45, 7) is 1.95. The van der Waals surface area contributed by atoms with Crippen molar-refractivity contribution in [1.29, 1.82) is 0 Å². The van der Waals surface area contributed by atoms with E-state index in [-0.39, 0.29) is 31.6 Å². The molecular weight excluding hydrogens is 374 g/mol. The van der Waals surface area contributed by atoms with Gasteiger partial charge < -0.3 is 10.2 Å². The van der Waals surface area contributed by atoms with Crippen molar-refractivity contribution in [2.45, 2.75) is 38.6 Å². The Morgan fingerprint density at radius 2 is 2.04 bits per heavy atom. The molecule has 1 aliphatic heterocycles. The molecule has 1 heterocycles. The van der Waals surface area contributed by atoms with Crippen LogP contribution < -0.4 is 0 Å². The highest BCUT2D eigenvalue weighted by Crippen LogP contribution is 2.35. The van der Waals surface area contributed by atoms with E-state index in [1.54, 1.807) is 6.08 Å². The molecule has 1 unspecified atom stereocenters. The van der Waals surface area contributed by atoms with Crippen LogP contribution in [0.4, 0.5) is 0 Å². The van der Waals surface area contributed by atoms with Crippen LogP contribution in [-0.2, 0) is 14.4 Å². The summed E-state index contributed by atoms with van der Waals surface area (Å²) in [4.78, 5) is 36.4. The highest BCUT2D eigenvalue weighted by molar-refractivity contribution is 8.26. The van der Waals surface area contributed by atoms with E-state index in [1.807, 2.05) is 31.2 Å². The highest BCUT2D eigenvalue weighted by Gasteiger charge is 2.37. The summed E-state index contributed by atoms with van der Waals surface area (Å²) in [6.07, 6.45) is 1.93. The van der Waals surface area contributed by atoms with Crippen molar-refractivity contribution in [2.75, 3.05) is 0 Å². The Bertz CT molecular complexity index is 775. The second kappa shape index (κ2) is 8.95. The molecule has 1 aromatic rings. The van der Waals surface area contributed by atoms with E-state index in [0.29, 0.717) is 9.23 Å². The molecule has 0 bridgehead atoms. The predicted octanol–water partition coefficient (Wildman–Crippen LogP) is 3.29. The van der Waals surface area contributed by atoms with Gasteiger partial charge in [0.05, 0.1) is 11.3 Å². The monoisotopic (exact) mass is 393 g/mol. The maximum Gasteiger partial charge on any atom is 0.305 e. The van der Waals surface area contributed by atoms with Gasteiger partial charge in [0, 0.05) is 12.5 Å². The Morgan fingerprint density at radius 3 is 2.65 bits per heavy atom. The molecule has 1 fully saturated rings. The fraction of sp³-hybridized carbons (Fsp3) is 0.333. The second-order valence-corrected chi connectivity index (χ2v) is 7.68. The van der Waals surface area contributed by atoms with Gasteiger partial charge >= 0.3 is 11.9 Å². The normalized spacial score (nSPS) is 17.0. The standard InChI is InChI=1S/C18H19NO5S2/c1-11-4-2-5-12(8-11)9-14-17(24)19(18(25)26-14)13(10-16(22)23)6-3-7-15(20)21/h2,4-5,8-9,13H,3,6-7,10H2,1H3,(H,20,21)(H,22,23). The number of aryl methyl sites for hydroxylation is 1. The number of carbonyl (C=O) groups is 3. The van der Waals surface area contributed by atoms with Gasteiger partial charge in [-0.1, -0.05) is 53.8 Å². The molecule has 0 aromatic heterocycles. The largest absolute Gasteiger partial charge is 0.481 e. The maximum absolute atomic E-state index is 12.8. The van der Waals surface area contributed by atoms with Crippen molar-refractivity contribution < 1.29 is 24.6 Å². The SMILES string of the molecule is Cc1cccc(C=C2SC(=S)N(C(CCCC(=O)O)CC(=O)O)C2=O)c1. The Balaban J connectivity index is 2.20. The number of hydrogen-bond acceptors (Lipinski definition) is 5. The van der Waals surface area contributed by atoms with Gasteiger partial charge in [0.25, 0.3) is 5.91 Å². The summed E-state index contributed by atoms with van der Waals surface area (Å²) in [5, 5.41) is 17.9. The molecule has 138 valence electrons. The zero-order valence-electron chi connectivity index (χ0n) is 14.2. The van der Waals surface area contributed by atoms with E-state index in [1.165, 1.54) is 4.90 Å². The van der Waals surface area contributed by atoms with Crippen LogP contribution in [0.15, 0.2) is 29.2 Å². The summed E-state index contributed by atoms with van der Waals surface area (Å²) >= 11 is 6.42. The summed E-state index contributed by atoms with van der Waals surface area (Å²) < 4.78 is 0.301. The van der Waals surface area contributed by atoms with Gasteiger partial charge in [-0.05, 0) is 31.4 Å². The molecule has 0 spiro atoms. The van der Waals surface area contributed by atoms with Gasteiger partial charge in [-0.15, -0.1) is 0 Å². The minimum absolute atomic E-state index is 0.0793. The molecule has 2 rings (SSSR count). The van der Waals surface area contributed by atoms with Crippen molar-refractivity contribution in [3.8, 4) is 0 Å². The highest BCUT2D eigenvalue weighted by atomic mass is 32.2. The average molecular weight is 393 g/mol. The van der Waals surface area contributed by atoms with Gasteiger partial charge in [0.2, 0.25) is 0 Å². The van der Waals surface area contributed by atoms with Crippen LogP contribution in [0.1, 0.15) is 36.8 Å². The zero-order valence-corrected chi connectivity index (χ0v) is 15.8. The smallest absolute Gasteiger partial charge is 0.305 e. The molecule has 1 aliphatic rings. The number of carbonyl (C=O) groups excluding carboxylic acids is 1. The number of rotatable bonds is 8. The van der Waals surface area contributed by atoms with Crippen LogP contribution in [0.25, 0.3) is 6.08 Å². The Kier molecular flexibility index (Phi) is 6.93. The fourth-order valence-corrected chi connectivity index (χ4v) is 4.12. The average Bonchev–Trinajstić information content (AvgIpc) is 2.80. The number of amides is 1. The number of aliphatic carboxylic acids is 2. The van der Waals surface area contributed by atoms with Crippen molar-refractivity contribution in [1.82, 2.24) is 4.90 Å². The molecule has 26 heavy (non-hydrogen) atoms. The first-order valence-electron chi connectivity index (χ1n) is 8.05. The third-order valence-electron chi connectivity index (χ3n) is 3.87. The summed E-state index contributed by atoms with van der Waals surface area (Å²) in [5.41, 5.74) is 1.93. The Morgan fingerprint density at radius 1 is 1.31 bits per heavy atom. The van der Waals surface area contributed by atoms with E-state index in [9.17, 15) is 14.4 Å². The molecule has 0 saturated carbocycles. The fourth-order valence-electron chi connectivity index (χ4n) is 2.72. The third kappa shape index (κ3) is 5.40. The van der Waals surface area contributed by atoms with E-state index >= 15 is 0 Å². The van der Waals surface area contributed by atoms with Gasteiger partial charge in [-0.2, -0.15) is 0 Å². The Hall–Kier alpha value is -2.19. The minimum Gasteiger partial charge on any atom is -0.481 e. The number of thiocarbonyl (C=S) groups is 1. The first-order valence-corrected chi connectivity index (χ1v) is 9.27. The number of nitrogens with zero attached hydrogens (tertiary/aromatic N) is 1. The van der Waals surface area contributed by atoms with E-state index in [4.69, 9.17) is 22.4 Å². The van der Waals surface area contributed by atoms with Gasteiger partial charge in [0.15, 0.2) is 0 Å². The number of hydrogen-bond donors (Lipinski definition) is 2. The lowest BCUT2D eigenvalue weighted by atomic mass is 10.0. The van der Waals surface area contributed by atoms with Crippen LogP contribution in [0, 0.1) is 6.92 Å². The molecule has 1 amide bonds. The lowest BCUT2D eigenvalue weighted by Gasteiger charge is -2.25. The second-order valence-electron chi connectivity index (χ2n) is 6.00. The lowest BCUT2D eigenvalue weighted by Crippen LogP contribution is -2.40. The lowest BCUT2D eigenvalue weighted by molar-refractivity contribution is -0.138. The number of carboxylic acids is 2. The molecule has 8 heteroatoms. The molecular formula is C18H19NO5S2. The van der Waals surface area contributed by atoms with E-state index in [2.05, 4.69) is 0 Å². The van der Waals surface area contributed by atoms with Gasteiger partial charge in [-0.3, -0.25) is 19.3 Å². The molecule has 0 radical (unpaired) electrons. The number of carboxylic acid groups (broad SMARTS) is 2. The van der Waals surface area contributed by atoms with Crippen LogP contribution in [-0.4, -0.2) is 43.3 Å². The van der Waals surface area contributed by atoms with Crippen molar-refractivity contribution in [2.24, 2.45) is 0 Å². The van der Waals surface area contributed by atoms with Crippen LogP contribution in [0.2, 0.25) is 0 Å². The Labute approximate surface area is 160 Å². The molecule has 6 nitrogen and oxygen atoms in total. The van der Waals surface area contributed by atoms with Crippen molar-refractivity contribution >= 4 is 52.2 Å².